The van der Waals surface area contributed by atoms with E-state index in [0.29, 0.717) is 28.3 Å². The number of hydrogen-bond donors (Lipinski definition) is 3. The molecule has 8 nitrogen and oxygen atoms in total. The van der Waals surface area contributed by atoms with Crippen LogP contribution in [0.1, 0.15) is 42.6 Å². The molecule has 1 aliphatic rings. The van der Waals surface area contributed by atoms with Gasteiger partial charge >= 0.3 is 0 Å². The molecule has 1 aromatic heterocycles. The van der Waals surface area contributed by atoms with Crippen LogP contribution < -0.4 is 16.4 Å². The lowest BCUT2D eigenvalue weighted by Gasteiger charge is -2.20. The van der Waals surface area contributed by atoms with E-state index in [-0.39, 0.29) is 31.2 Å². The van der Waals surface area contributed by atoms with Crippen molar-refractivity contribution in [2.45, 2.75) is 39.2 Å². The Morgan fingerprint density at radius 1 is 1.11 bits per heavy atom. The number of hydrogen-bond acceptors (Lipinski definition) is 6. The summed E-state index contributed by atoms with van der Waals surface area (Å²) in [5, 5.41) is 6.51. The zero-order valence-corrected chi connectivity index (χ0v) is 21.2. The van der Waals surface area contributed by atoms with Crippen molar-refractivity contribution in [3.63, 3.8) is 0 Å². The number of primary amides is 1. The Balaban J connectivity index is 0.00000361. The van der Waals surface area contributed by atoms with Crippen LogP contribution in [0.3, 0.4) is 0 Å². The summed E-state index contributed by atoms with van der Waals surface area (Å²) in [5.41, 5.74) is 8.12. The van der Waals surface area contributed by atoms with Gasteiger partial charge in [-0.3, -0.25) is 9.59 Å². The number of likely N-dealkylation sites (N-methyl/N-ethyl adjacent to an activating group) is 1. The van der Waals surface area contributed by atoms with Crippen LogP contribution in [0.25, 0.3) is 0 Å². The lowest BCUT2D eigenvalue weighted by atomic mass is 10.0. The number of nitrogens with one attached hydrogen (secondary N) is 2. The van der Waals surface area contributed by atoms with Crippen molar-refractivity contribution in [3.05, 3.63) is 76.4 Å². The molecule has 2 amide bonds. The second-order valence-corrected chi connectivity index (χ2v) is 9.60. The third-order valence-electron chi connectivity index (χ3n) is 6.26. The Morgan fingerprint density at radius 3 is 2.53 bits per heavy atom. The average molecular weight is 554 g/mol. The van der Waals surface area contributed by atoms with Gasteiger partial charge < -0.3 is 21.3 Å². The van der Waals surface area contributed by atoms with Gasteiger partial charge in [0.05, 0.1) is 10.4 Å². The molecule has 0 spiro atoms. The van der Waals surface area contributed by atoms with E-state index in [1.165, 1.54) is 5.56 Å². The molecule has 4 N–H and O–H groups in total. The molecule has 2 atom stereocenters. The highest BCUT2D eigenvalue weighted by Gasteiger charge is 2.32. The van der Waals surface area contributed by atoms with Gasteiger partial charge in [-0.25, -0.2) is 4.98 Å². The SMILES string of the molecule is C.CN(CCc1ccccc1)C(=O)c1ccc(Nc2ncc(Br)c(N[C@@H]3CCC[C@@H]3C(N)=O)n2)cc1. The van der Waals surface area contributed by atoms with Gasteiger partial charge in [-0.2, -0.15) is 4.98 Å². The molecule has 9 heteroatoms. The lowest BCUT2D eigenvalue weighted by Crippen LogP contribution is -2.34. The van der Waals surface area contributed by atoms with Crippen LogP contribution in [0.2, 0.25) is 0 Å². The van der Waals surface area contributed by atoms with Gasteiger partial charge in [0.15, 0.2) is 0 Å². The maximum atomic E-state index is 12.8. The number of amides is 2. The Kier molecular flexibility index (Phi) is 9.41. The first-order valence-electron chi connectivity index (χ1n) is 11.7. The topological polar surface area (TPSA) is 113 Å². The Bertz CT molecular complexity index is 1170. The molecule has 1 aliphatic carbocycles. The van der Waals surface area contributed by atoms with Crippen LogP contribution in [0.15, 0.2) is 65.3 Å². The van der Waals surface area contributed by atoms with Crippen LogP contribution in [0.5, 0.6) is 0 Å². The van der Waals surface area contributed by atoms with E-state index in [1.807, 2.05) is 37.4 Å². The van der Waals surface area contributed by atoms with E-state index in [0.717, 1.165) is 31.4 Å². The van der Waals surface area contributed by atoms with Crippen LogP contribution in [-0.2, 0) is 11.2 Å². The minimum Gasteiger partial charge on any atom is -0.369 e. The zero-order valence-electron chi connectivity index (χ0n) is 19.6. The largest absolute Gasteiger partial charge is 0.369 e. The number of nitrogens with two attached hydrogens (primary N) is 1. The Hall–Kier alpha value is -3.46. The maximum Gasteiger partial charge on any atom is 0.253 e. The lowest BCUT2D eigenvalue weighted by molar-refractivity contribution is -0.121. The van der Waals surface area contributed by atoms with Crippen LogP contribution >= 0.6 is 15.9 Å². The summed E-state index contributed by atoms with van der Waals surface area (Å²) >= 11 is 3.47. The summed E-state index contributed by atoms with van der Waals surface area (Å²) in [6.45, 7) is 0.642. The van der Waals surface area contributed by atoms with E-state index >= 15 is 0 Å². The summed E-state index contributed by atoms with van der Waals surface area (Å²) in [6.07, 6.45) is 5.06. The third kappa shape index (κ3) is 6.81. The molecule has 0 unspecified atom stereocenters. The number of anilines is 3. The number of aromatic nitrogens is 2. The molecule has 4 rings (SSSR count). The fourth-order valence-electron chi connectivity index (χ4n) is 4.27. The second kappa shape index (κ2) is 12.5. The molecular weight excluding hydrogens is 520 g/mol. The van der Waals surface area contributed by atoms with Crippen LogP contribution in [0.4, 0.5) is 17.5 Å². The van der Waals surface area contributed by atoms with Gasteiger partial charge in [-0.15, -0.1) is 0 Å². The smallest absolute Gasteiger partial charge is 0.253 e. The fourth-order valence-corrected chi connectivity index (χ4v) is 4.57. The van der Waals surface area contributed by atoms with E-state index in [1.54, 1.807) is 23.2 Å². The summed E-state index contributed by atoms with van der Waals surface area (Å²) in [4.78, 5) is 35.1. The number of carbonyl (C=O) groups excluding carboxylic acids is 2. The third-order valence-corrected chi connectivity index (χ3v) is 6.84. The van der Waals surface area contributed by atoms with Crippen molar-refractivity contribution >= 4 is 45.2 Å². The summed E-state index contributed by atoms with van der Waals surface area (Å²) in [6, 6.07) is 17.3. The van der Waals surface area contributed by atoms with Gasteiger partial charge in [0.25, 0.3) is 5.91 Å². The molecule has 0 saturated heterocycles. The predicted octanol–water partition coefficient (Wildman–Crippen LogP) is 5.00. The first-order valence-corrected chi connectivity index (χ1v) is 12.4. The van der Waals surface area contributed by atoms with Crippen molar-refractivity contribution < 1.29 is 9.59 Å². The summed E-state index contributed by atoms with van der Waals surface area (Å²) in [7, 11) is 1.81. The highest BCUT2D eigenvalue weighted by molar-refractivity contribution is 9.10. The molecule has 1 fully saturated rings. The summed E-state index contributed by atoms with van der Waals surface area (Å²) < 4.78 is 0.706. The molecule has 1 saturated carbocycles. The van der Waals surface area contributed by atoms with Crippen LogP contribution in [0, 0.1) is 5.92 Å². The Morgan fingerprint density at radius 2 is 1.83 bits per heavy atom. The van der Waals surface area contributed by atoms with E-state index < -0.39 is 0 Å². The van der Waals surface area contributed by atoms with Crippen molar-refractivity contribution in [1.82, 2.24) is 14.9 Å². The average Bonchev–Trinajstić information content (AvgIpc) is 3.34. The number of carbonyl (C=O) groups is 2. The van der Waals surface area contributed by atoms with Gasteiger partial charge in [0.1, 0.15) is 5.82 Å². The number of rotatable bonds is 9. The molecule has 36 heavy (non-hydrogen) atoms. The predicted molar refractivity (Wildman–Crippen MR) is 147 cm³/mol. The maximum absolute atomic E-state index is 12.8. The normalized spacial score (nSPS) is 16.6. The van der Waals surface area contributed by atoms with E-state index in [4.69, 9.17) is 5.73 Å². The number of halogens is 1. The van der Waals surface area contributed by atoms with Crippen molar-refractivity contribution in [3.8, 4) is 0 Å². The van der Waals surface area contributed by atoms with E-state index in [2.05, 4.69) is 48.7 Å². The fraction of sp³-hybridized carbons (Fsp3) is 0.333. The first-order chi connectivity index (χ1) is 16.9. The number of benzene rings is 2. The standard InChI is InChI=1S/C26H29BrN6O2.CH4/c1-33(15-14-17-6-3-2-4-7-17)25(35)18-10-12-19(13-11-18)30-26-29-16-21(27)24(32-26)31-22-9-5-8-20(22)23(28)34;/h2-4,6-7,10-13,16,20,22H,5,8-9,14-15H2,1H3,(H2,28,34)(H2,29,30,31,32);1H4/t20-,22+;/m0./s1. The molecule has 0 aliphatic heterocycles. The minimum absolute atomic E-state index is 0. The molecule has 190 valence electrons. The van der Waals surface area contributed by atoms with Crippen molar-refractivity contribution in [2.24, 2.45) is 11.7 Å². The molecule has 2 aromatic carbocycles. The van der Waals surface area contributed by atoms with Crippen molar-refractivity contribution in [1.29, 1.82) is 0 Å². The molecule has 3 aromatic rings. The highest BCUT2D eigenvalue weighted by Crippen LogP contribution is 2.30. The zero-order chi connectivity index (χ0) is 24.8. The monoisotopic (exact) mass is 552 g/mol. The van der Waals surface area contributed by atoms with Gasteiger partial charge in [0, 0.05) is 37.1 Å². The minimum atomic E-state index is -0.288. The highest BCUT2D eigenvalue weighted by atomic mass is 79.9. The molecule has 0 bridgehead atoms. The van der Waals surface area contributed by atoms with E-state index in [9.17, 15) is 9.59 Å². The summed E-state index contributed by atoms with van der Waals surface area (Å²) in [5.74, 6) is 0.489. The molecule has 0 radical (unpaired) electrons. The van der Waals surface area contributed by atoms with Crippen molar-refractivity contribution in [2.75, 3.05) is 24.2 Å². The molecular formula is C27H33BrN6O2. The van der Waals surface area contributed by atoms with Crippen LogP contribution in [-0.4, -0.2) is 46.3 Å². The molecule has 1 heterocycles. The Labute approximate surface area is 220 Å². The van der Waals surface area contributed by atoms with Gasteiger partial charge in [-0.05, 0) is 65.0 Å². The second-order valence-electron chi connectivity index (χ2n) is 8.75. The number of nitrogens with zero attached hydrogens (tertiary/aromatic N) is 3. The first kappa shape index (κ1) is 27.1. The van der Waals surface area contributed by atoms with Gasteiger partial charge in [-0.1, -0.05) is 44.2 Å². The quantitative estimate of drug-likeness (QED) is 0.344. The van der Waals surface area contributed by atoms with Gasteiger partial charge in [0.2, 0.25) is 11.9 Å².